The minimum atomic E-state index is -0.662. The molecule has 0 saturated heterocycles. The smallest absolute Gasteiger partial charge is 0.305 e. The molecule has 0 rings (SSSR count). The summed E-state index contributed by atoms with van der Waals surface area (Å²) in [5.41, 5.74) is 0. The SMILES string of the molecule is CCCCCCCCCCCCCCCCCCCC(O)C(CO)NC(=O)CCCCCCCCCCCCCCCCCC/C=C\CCCCCCCCCCCCCCOC(=O)CCCCCCCCCCCCC. The molecule has 1 amide bonds. The zero-order chi connectivity index (χ0) is 55.7. The highest BCUT2D eigenvalue weighted by atomic mass is 16.5. The average molecular weight is 1090 g/mol. The van der Waals surface area contributed by atoms with Crippen molar-refractivity contribution in [3.63, 3.8) is 0 Å². The lowest BCUT2D eigenvalue weighted by atomic mass is 10.0. The van der Waals surface area contributed by atoms with Crippen LogP contribution in [0.1, 0.15) is 406 Å². The third-order valence-electron chi connectivity index (χ3n) is 16.8. The van der Waals surface area contributed by atoms with Crippen LogP contribution in [-0.4, -0.2) is 47.4 Å². The zero-order valence-corrected chi connectivity index (χ0v) is 52.5. The summed E-state index contributed by atoms with van der Waals surface area (Å²) >= 11 is 0. The van der Waals surface area contributed by atoms with Gasteiger partial charge in [-0.15, -0.1) is 0 Å². The van der Waals surface area contributed by atoms with E-state index in [1.807, 2.05) is 0 Å². The predicted molar refractivity (Wildman–Crippen MR) is 338 cm³/mol. The Morgan fingerprint density at radius 2 is 0.610 bits per heavy atom. The van der Waals surface area contributed by atoms with Crippen LogP contribution in [-0.2, 0) is 14.3 Å². The fourth-order valence-corrected chi connectivity index (χ4v) is 11.4. The number of carbonyl (C=O) groups excluding carboxylic acids is 2. The Labute approximate surface area is 482 Å². The van der Waals surface area contributed by atoms with Gasteiger partial charge in [0, 0.05) is 12.8 Å². The molecule has 0 spiro atoms. The van der Waals surface area contributed by atoms with Crippen LogP contribution in [0.3, 0.4) is 0 Å². The lowest BCUT2D eigenvalue weighted by molar-refractivity contribution is -0.143. The molecule has 77 heavy (non-hydrogen) atoms. The Morgan fingerprint density at radius 3 is 0.922 bits per heavy atom. The minimum absolute atomic E-state index is 0.0187. The lowest BCUT2D eigenvalue weighted by Crippen LogP contribution is -2.45. The third kappa shape index (κ3) is 63.6. The van der Waals surface area contributed by atoms with E-state index in [1.54, 1.807) is 0 Å². The number of nitrogens with one attached hydrogen (secondary N) is 1. The van der Waals surface area contributed by atoms with E-state index >= 15 is 0 Å². The molecule has 0 aliphatic carbocycles. The number of carbonyl (C=O) groups is 2. The predicted octanol–water partition coefficient (Wildman–Crippen LogP) is 22.8. The Kier molecular flexibility index (Phi) is 65.9. The molecule has 0 saturated carbocycles. The summed E-state index contributed by atoms with van der Waals surface area (Å²) in [4.78, 5) is 24.5. The van der Waals surface area contributed by atoms with Crippen molar-refractivity contribution in [2.75, 3.05) is 13.2 Å². The number of esters is 1. The molecule has 0 bridgehead atoms. The van der Waals surface area contributed by atoms with E-state index in [2.05, 4.69) is 31.3 Å². The van der Waals surface area contributed by atoms with Gasteiger partial charge in [-0.25, -0.2) is 0 Å². The second-order valence-corrected chi connectivity index (χ2v) is 24.6. The average Bonchev–Trinajstić information content (AvgIpc) is 3.43. The van der Waals surface area contributed by atoms with Crippen LogP contribution in [0.5, 0.6) is 0 Å². The van der Waals surface area contributed by atoms with Gasteiger partial charge in [-0.05, 0) is 51.4 Å². The molecule has 0 radical (unpaired) electrons. The first-order chi connectivity index (χ1) is 38.0. The molecule has 0 aromatic heterocycles. The molecule has 3 N–H and O–H groups in total. The van der Waals surface area contributed by atoms with Crippen LogP contribution in [0.4, 0.5) is 0 Å². The van der Waals surface area contributed by atoms with Gasteiger partial charge in [-0.3, -0.25) is 9.59 Å². The molecule has 0 aromatic rings. The summed E-state index contributed by atoms with van der Waals surface area (Å²) in [5, 5.41) is 23.4. The van der Waals surface area contributed by atoms with Crippen molar-refractivity contribution < 1.29 is 24.5 Å². The Balaban J connectivity index is 3.35. The largest absolute Gasteiger partial charge is 0.466 e. The third-order valence-corrected chi connectivity index (χ3v) is 16.8. The van der Waals surface area contributed by atoms with E-state index in [4.69, 9.17) is 4.74 Å². The maximum atomic E-state index is 12.5. The Morgan fingerprint density at radius 1 is 0.351 bits per heavy atom. The van der Waals surface area contributed by atoms with Crippen LogP contribution < -0.4 is 5.32 Å². The van der Waals surface area contributed by atoms with Gasteiger partial charge in [-0.2, -0.15) is 0 Å². The first-order valence-corrected chi connectivity index (χ1v) is 35.4. The standard InChI is InChI=1S/C71H139NO5/c1-3-5-7-9-11-13-15-16-17-34-37-40-44-47-51-55-59-63-69(74)68(67-73)72-70(75)64-60-56-52-48-45-41-38-35-32-30-28-26-24-22-20-18-19-21-23-25-27-29-31-33-36-39-42-46-50-54-58-62-66-77-71(76)65-61-57-53-49-43-14-12-10-8-6-4-2/h21,23,68-69,73-74H,3-20,22,24-67H2,1-2H3,(H,72,75)/b23-21-. The van der Waals surface area contributed by atoms with Gasteiger partial charge in [0.15, 0.2) is 0 Å². The number of aliphatic hydroxyl groups is 2. The Bertz CT molecular complexity index is 1160. The van der Waals surface area contributed by atoms with E-state index in [-0.39, 0.29) is 18.5 Å². The van der Waals surface area contributed by atoms with E-state index in [1.165, 1.54) is 334 Å². The first-order valence-electron chi connectivity index (χ1n) is 35.4. The highest BCUT2D eigenvalue weighted by Gasteiger charge is 2.20. The normalized spacial score (nSPS) is 12.5. The molecule has 0 aliphatic rings. The van der Waals surface area contributed by atoms with Crippen molar-refractivity contribution >= 4 is 11.9 Å². The molecular weight excluding hydrogens is 947 g/mol. The molecule has 0 aromatic carbocycles. The van der Waals surface area contributed by atoms with Crippen LogP contribution in [0.15, 0.2) is 12.2 Å². The lowest BCUT2D eigenvalue weighted by Gasteiger charge is -2.22. The van der Waals surface area contributed by atoms with Gasteiger partial charge >= 0.3 is 5.97 Å². The minimum Gasteiger partial charge on any atom is -0.466 e. The van der Waals surface area contributed by atoms with Crippen LogP contribution in [0, 0.1) is 0 Å². The topological polar surface area (TPSA) is 95.9 Å². The maximum absolute atomic E-state index is 12.5. The zero-order valence-electron chi connectivity index (χ0n) is 52.5. The highest BCUT2D eigenvalue weighted by molar-refractivity contribution is 5.76. The number of hydrogen-bond acceptors (Lipinski definition) is 5. The molecule has 2 atom stereocenters. The van der Waals surface area contributed by atoms with Crippen LogP contribution >= 0.6 is 0 Å². The van der Waals surface area contributed by atoms with E-state index in [9.17, 15) is 19.8 Å². The number of aliphatic hydroxyl groups excluding tert-OH is 2. The summed E-state index contributed by atoms with van der Waals surface area (Å²) in [7, 11) is 0. The summed E-state index contributed by atoms with van der Waals surface area (Å²) < 4.78 is 5.47. The van der Waals surface area contributed by atoms with Gasteiger partial charge in [0.25, 0.3) is 0 Å². The van der Waals surface area contributed by atoms with Crippen LogP contribution in [0.25, 0.3) is 0 Å². The molecule has 2 unspecified atom stereocenters. The molecule has 458 valence electrons. The molecule has 0 aliphatic heterocycles. The highest BCUT2D eigenvalue weighted by Crippen LogP contribution is 2.19. The van der Waals surface area contributed by atoms with Gasteiger partial charge < -0.3 is 20.3 Å². The van der Waals surface area contributed by atoms with E-state index in [0.717, 1.165) is 38.5 Å². The van der Waals surface area contributed by atoms with Gasteiger partial charge in [0.1, 0.15) is 0 Å². The number of rotatable bonds is 67. The fraction of sp³-hybridized carbons (Fsp3) is 0.944. The van der Waals surface area contributed by atoms with Crippen molar-refractivity contribution in [2.24, 2.45) is 0 Å². The fourth-order valence-electron chi connectivity index (χ4n) is 11.4. The second-order valence-electron chi connectivity index (χ2n) is 24.6. The van der Waals surface area contributed by atoms with Gasteiger partial charge in [0.2, 0.25) is 5.91 Å². The van der Waals surface area contributed by atoms with E-state index in [0.29, 0.717) is 25.9 Å². The molecular formula is C71H139NO5. The number of hydrogen-bond donors (Lipinski definition) is 3. The quantitative estimate of drug-likeness (QED) is 0.0320. The van der Waals surface area contributed by atoms with Gasteiger partial charge in [0.05, 0.1) is 25.4 Å². The summed E-state index contributed by atoms with van der Waals surface area (Å²) in [6.45, 7) is 4.99. The van der Waals surface area contributed by atoms with Crippen molar-refractivity contribution in [1.29, 1.82) is 0 Å². The molecule has 6 nitrogen and oxygen atoms in total. The first kappa shape index (κ1) is 75.6. The number of allylic oxidation sites excluding steroid dienone is 2. The second kappa shape index (κ2) is 67.1. The molecule has 6 heteroatoms. The summed E-state index contributed by atoms with van der Waals surface area (Å²) in [5.74, 6) is -0.00958. The maximum Gasteiger partial charge on any atom is 0.305 e. The monoisotopic (exact) mass is 1090 g/mol. The van der Waals surface area contributed by atoms with E-state index < -0.39 is 12.1 Å². The molecule has 0 fully saturated rings. The number of ether oxygens (including phenoxy) is 1. The number of amides is 1. The summed E-state index contributed by atoms with van der Waals surface area (Å²) in [6, 6.07) is -0.539. The number of unbranched alkanes of at least 4 members (excludes halogenated alkanes) is 54. The Hall–Kier alpha value is -1.40. The van der Waals surface area contributed by atoms with Crippen molar-refractivity contribution in [2.45, 2.75) is 418 Å². The van der Waals surface area contributed by atoms with Crippen molar-refractivity contribution in [1.82, 2.24) is 5.32 Å². The van der Waals surface area contributed by atoms with Gasteiger partial charge in [-0.1, -0.05) is 353 Å². The van der Waals surface area contributed by atoms with Crippen molar-refractivity contribution in [3.05, 3.63) is 12.2 Å². The van der Waals surface area contributed by atoms with Crippen molar-refractivity contribution in [3.8, 4) is 0 Å². The van der Waals surface area contributed by atoms with Crippen LogP contribution in [0.2, 0.25) is 0 Å². The molecule has 0 heterocycles. The summed E-state index contributed by atoms with van der Waals surface area (Å²) in [6.07, 6.45) is 82.7.